The molecule has 2 rings (SSSR count). The number of pyridine rings is 1. The van der Waals surface area contributed by atoms with Crippen LogP contribution < -0.4 is 5.73 Å². The summed E-state index contributed by atoms with van der Waals surface area (Å²) in [6.45, 7) is 6.13. The lowest BCUT2D eigenvalue weighted by Crippen LogP contribution is -2.14. The molecule has 2 atom stereocenters. The van der Waals surface area contributed by atoms with Crippen molar-refractivity contribution in [2.45, 2.75) is 52.0 Å². The number of oxazole rings is 1. The highest BCUT2D eigenvalue weighted by Crippen LogP contribution is 2.24. The van der Waals surface area contributed by atoms with Gasteiger partial charge in [-0.2, -0.15) is 4.98 Å². The van der Waals surface area contributed by atoms with E-state index in [1.54, 1.807) is 0 Å². The molecule has 2 unspecified atom stereocenters. The Hall–Kier alpha value is -1.42. The van der Waals surface area contributed by atoms with Crippen LogP contribution in [-0.4, -0.2) is 16.0 Å². The van der Waals surface area contributed by atoms with E-state index in [9.17, 15) is 0 Å². The van der Waals surface area contributed by atoms with Gasteiger partial charge in [0.2, 0.25) is 0 Å². The SMILES string of the molecule is Cc1ccc2oc(C(C)CCCC(C)N)nc2n1. The standard InChI is InChI=1S/C14H21N3O/c1-9(5-4-6-10(2)15)14-17-13-12(18-14)8-7-11(3)16-13/h7-10H,4-6,15H2,1-3H3. The van der Waals surface area contributed by atoms with Crippen molar-refractivity contribution in [1.82, 2.24) is 9.97 Å². The van der Waals surface area contributed by atoms with Crippen LogP contribution in [0.3, 0.4) is 0 Å². The van der Waals surface area contributed by atoms with Crippen LogP contribution in [-0.2, 0) is 0 Å². The summed E-state index contributed by atoms with van der Waals surface area (Å²) in [5, 5.41) is 0. The maximum atomic E-state index is 5.75. The lowest BCUT2D eigenvalue weighted by atomic mass is 10.0. The Morgan fingerprint density at radius 3 is 2.72 bits per heavy atom. The van der Waals surface area contributed by atoms with E-state index in [-0.39, 0.29) is 6.04 Å². The lowest BCUT2D eigenvalue weighted by Gasteiger charge is -2.08. The molecule has 2 aromatic heterocycles. The van der Waals surface area contributed by atoms with Crippen molar-refractivity contribution in [2.75, 3.05) is 0 Å². The van der Waals surface area contributed by atoms with Crippen molar-refractivity contribution in [3.05, 3.63) is 23.7 Å². The minimum atomic E-state index is 0.269. The van der Waals surface area contributed by atoms with Crippen LogP contribution in [0.2, 0.25) is 0 Å². The Morgan fingerprint density at radius 2 is 2.00 bits per heavy atom. The highest BCUT2D eigenvalue weighted by Gasteiger charge is 2.14. The van der Waals surface area contributed by atoms with Gasteiger partial charge >= 0.3 is 0 Å². The van der Waals surface area contributed by atoms with Crippen molar-refractivity contribution < 1.29 is 4.42 Å². The van der Waals surface area contributed by atoms with Gasteiger partial charge < -0.3 is 10.2 Å². The first-order valence-electron chi connectivity index (χ1n) is 6.56. The van der Waals surface area contributed by atoms with Crippen LogP contribution in [0.1, 0.15) is 50.6 Å². The summed E-state index contributed by atoms with van der Waals surface area (Å²) < 4.78 is 5.74. The molecular formula is C14H21N3O. The normalized spacial score (nSPS) is 14.9. The van der Waals surface area contributed by atoms with Crippen LogP contribution in [0.25, 0.3) is 11.2 Å². The summed E-state index contributed by atoms with van der Waals surface area (Å²) >= 11 is 0. The van der Waals surface area contributed by atoms with Crippen LogP contribution in [0, 0.1) is 6.92 Å². The summed E-state index contributed by atoms with van der Waals surface area (Å²) in [5.41, 5.74) is 8.20. The van der Waals surface area contributed by atoms with E-state index in [4.69, 9.17) is 10.2 Å². The van der Waals surface area contributed by atoms with Gasteiger partial charge in [-0.25, -0.2) is 4.98 Å². The smallest absolute Gasteiger partial charge is 0.199 e. The summed E-state index contributed by atoms with van der Waals surface area (Å²) in [6.07, 6.45) is 3.19. The summed E-state index contributed by atoms with van der Waals surface area (Å²) in [4.78, 5) is 8.82. The van der Waals surface area contributed by atoms with Crippen molar-refractivity contribution in [3.8, 4) is 0 Å². The summed E-state index contributed by atoms with van der Waals surface area (Å²) in [5.74, 6) is 1.10. The fraction of sp³-hybridized carbons (Fsp3) is 0.571. The van der Waals surface area contributed by atoms with Gasteiger partial charge in [-0.15, -0.1) is 0 Å². The third kappa shape index (κ3) is 3.07. The fourth-order valence-electron chi connectivity index (χ4n) is 2.01. The molecule has 0 fully saturated rings. The predicted octanol–water partition coefficient (Wildman–Crippen LogP) is 3.15. The third-order valence-electron chi connectivity index (χ3n) is 3.13. The molecule has 4 nitrogen and oxygen atoms in total. The summed E-state index contributed by atoms with van der Waals surface area (Å²) in [7, 11) is 0. The molecule has 0 spiro atoms. The van der Waals surface area contributed by atoms with Crippen LogP contribution >= 0.6 is 0 Å². The molecule has 4 heteroatoms. The Bertz CT molecular complexity index is 519. The van der Waals surface area contributed by atoms with Gasteiger partial charge in [-0.3, -0.25) is 0 Å². The molecule has 18 heavy (non-hydrogen) atoms. The quantitative estimate of drug-likeness (QED) is 0.881. The molecule has 98 valence electrons. The first kappa shape index (κ1) is 13.0. The molecule has 0 saturated carbocycles. The maximum Gasteiger partial charge on any atom is 0.199 e. The second kappa shape index (κ2) is 5.48. The Labute approximate surface area is 108 Å². The van der Waals surface area contributed by atoms with Crippen LogP contribution in [0.15, 0.2) is 16.5 Å². The number of nitrogens with zero attached hydrogens (tertiary/aromatic N) is 2. The molecule has 2 heterocycles. The fourth-order valence-corrected chi connectivity index (χ4v) is 2.01. The van der Waals surface area contributed by atoms with Crippen LogP contribution in [0.4, 0.5) is 0 Å². The van der Waals surface area contributed by atoms with Crippen LogP contribution in [0.5, 0.6) is 0 Å². The second-order valence-electron chi connectivity index (χ2n) is 5.14. The lowest BCUT2D eigenvalue weighted by molar-refractivity contribution is 0.452. The Morgan fingerprint density at radius 1 is 1.22 bits per heavy atom. The van der Waals surface area contributed by atoms with E-state index >= 15 is 0 Å². The van der Waals surface area contributed by atoms with Gasteiger partial charge in [0.1, 0.15) is 0 Å². The van der Waals surface area contributed by atoms with Gasteiger partial charge in [-0.05, 0) is 38.8 Å². The van der Waals surface area contributed by atoms with Crippen molar-refractivity contribution >= 4 is 11.2 Å². The third-order valence-corrected chi connectivity index (χ3v) is 3.13. The molecule has 0 aliphatic heterocycles. The number of rotatable bonds is 5. The molecule has 0 aliphatic rings. The Kier molecular flexibility index (Phi) is 3.97. The zero-order chi connectivity index (χ0) is 13.1. The zero-order valence-corrected chi connectivity index (χ0v) is 11.3. The molecule has 2 aromatic rings. The molecule has 2 N–H and O–H groups in total. The van der Waals surface area contributed by atoms with Crippen molar-refractivity contribution in [2.24, 2.45) is 5.73 Å². The monoisotopic (exact) mass is 247 g/mol. The van der Waals surface area contributed by atoms with E-state index < -0.39 is 0 Å². The number of hydrogen-bond acceptors (Lipinski definition) is 4. The Balaban J connectivity index is 2.06. The molecule has 0 aromatic carbocycles. The number of fused-ring (bicyclic) bond motifs is 1. The highest BCUT2D eigenvalue weighted by atomic mass is 16.3. The van der Waals surface area contributed by atoms with Gasteiger partial charge in [-0.1, -0.05) is 13.3 Å². The van der Waals surface area contributed by atoms with E-state index in [1.165, 1.54) is 0 Å². The van der Waals surface area contributed by atoms with E-state index in [2.05, 4.69) is 16.9 Å². The molecule has 0 radical (unpaired) electrons. The van der Waals surface area contributed by atoms with Gasteiger partial charge in [0, 0.05) is 17.7 Å². The topological polar surface area (TPSA) is 64.9 Å². The molecule has 0 saturated heterocycles. The van der Waals surface area contributed by atoms with E-state index in [1.807, 2.05) is 26.0 Å². The van der Waals surface area contributed by atoms with Gasteiger partial charge in [0.05, 0.1) is 0 Å². The minimum Gasteiger partial charge on any atom is -0.439 e. The average molecular weight is 247 g/mol. The number of nitrogens with two attached hydrogens (primary N) is 1. The molecular weight excluding hydrogens is 226 g/mol. The van der Waals surface area contributed by atoms with Crippen molar-refractivity contribution in [3.63, 3.8) is 0 Å². The number of hydrogen-bond donors (Lipinski definition) is 1. The molecule has 0 amide bonds. The van der Waals surface area contributed by atoms with E-state index in [0.717, 1.165) is 36.4 Å². The minimum absolute atomic E-state index is 0.269. The predicted molar refractivity (Wildman–Crippen MR) is 72.5 cm³/mol. The average Bonchev–Trinajstić information content (AvgIpc) is 2.71. The largest absolute Gasteiger partial charge is 0.439 e. The first-order chi connectivity index (χ1) is 8.56. The number of aryl methyl sites for hydroxylation is 1. The van der Waals surface area contributed by atoms with Crippen molar-refractivity contribution in [1.29, 1.82) is 0 Å². The highest BCUT2D eigenvalue weighted by molar-refractivity contribution is 5.67. The van der Waals surface area contributed by atoms with E-state index in [0.29, 0.717) is 11.6 Å². The molecule has 0 aliphatic carbocycles. The van der Waals surface area contributed by atoms with Gasteiger partial charge in [0.15, 0.2) is 17.1 Å². The number of aromatic nitrogens is 2. The first-order valence-corrected chi connectivity index (χ1v) is 6.56. The zero-order valence-electron chi connectivity index (χ0n) is 11.3. The maximum absolute atomic E-state index is 5.75. The van der Waals surface area contributed by atoms with Gasteiger partial charge in [0.25, 0.3) is 0 Å². The molecule has 0 bridgehead atoms. The summed E-state index contributed by atoms with van der Waals surface area (Å²) in [6, 6.07) is 4.14. The second-order valence-corrected chi connectivity index (χ2v) is 5.14.